The largest absolute Gasteiger partial charge is 0.497 e. The number of hydrogen-bond acceptors (Lipinski definition) is 4. The number of ketones is 1. The summed E-state index contributed by atoms with van der Waals surface area (Å²) in [6.45, 7) is 1.51. The Morgan fingerprint density at radius 2 is 1.43 bits per heavy atom. The predicted octanol–water partition coefficient (Wildman–Crippen LogP) is 2.77. The van der Waals surface area contributed by atoms with E-state index in [-0.39, 0.29) is 45.7 Å². The Morgan fingerprint density at radius 3 is 1.76 bits per heavy atom. The minimum atomic E-state index is -0.0154. The standard InChI is InChI=1S/C15H24N2O2.2BrH/c1-16(2)10-13(11-17(3)4)15(18)12-6-8-14(19-5)9-7-12;;/h6-9,13H,10-11H2,1-5H3;2*1H. The van der Waals surface area contributed by atoms with Crippen molar-refractivity contribution < 1.29 is 9.53 Å². The molecule has 0 aliphatic rings. The number of rotatable bonds is 7. The SMILES string of the molecule is Br.Br.COc1ccc(C(=O)C(CN(C)C)CN(C)C)cc1. The Hall–Kier alpha value is -0.430. The van der Waals surface area contributed by atoms with E-state index in [2.05, 4.69) is 9.80 Å². The zero-order valence-corrected chi connectivity index (χ0v) is 16.8. The summed E-state index contributed by atoms with van der Waals surface area (Å²) >= 11 is 0. The summed E-state index contributed by atoms with van der Waals surface area (Å²) in [5, 5.41) is 0. The lowest BCUT2D eigenvalue weighted by atomic mass is 9.96. The highest BCUT2D eigenvalue weighted by Crippen LogP contribution is 2.16. The van der Waals surface area contributed by atoms with Gasteiger partial charge in [-0.1, -0.05) is 0 Å². The fourth-order valence-corrected chi connectivity index (χ4v) is 2.10. The van der Waals surface area contributed by atoms with Gasteiger partial charge in [0.15, 0.2) is 5.78 Å². The maximum Gasteiger partial charge on any atom is 0.168 e. The zero-order valence-electron chi connectivity index (χ0n) is 13.3. The van der Waals surface area contributed by atoms with Gasteiger partial charge >= 0.3 is 0 Å². The Morgan fingerprint density at radius 1 is 1.00 bits per heavy atom. The molecule has 0 amide bonds. The van der Waals surface area contributed by atoms with E-state index in [1.807, 2.05) is 52.5 Å². The van der Waals surface area contributed by atoms with Crippen molar-refractivity contribution in [2.75, 3.05) is 48.4 Å². The third kappa shape index (κ3) is 7.95. The fraction of sp³-hybridized carbons (Fsp3) is 0.533. The van der Waals surface area contributed by atoms with E-state index in [4.69, 9.17) is 4.74 Å². The van der Waals surface area contributed by atoms with Crippen LogP contribution in [0, 0.1) is 5.92 Å². The quantitative estimate of drug-likeness (QED) is 0.629. The van der Waals surface area contributed by atoms with Crippen LogP contribution in [-0.2, 0) is 0 Å². The lowest BCUT2D eigenvalue weighted by molar-refractivity contribution is 0.0871. The van der Waals surface area contributed by atoms with Crippen LogP contribution in [0.1, 0.15) is 10.4 Å². The van der Waals surface area contributed by atoms with Gasteiger partial charge in [0.2, 0.25) is 0 Å². The zero-order chi connectivity index (χ0) is 14.4. The first-order valence-corrected chi connectivity index (χ1v) is 6.41. The first-order chi connectivity index (χ1) is 8.93. The minimum absolute atomic E-state index is 0. The highest BCUT2D eigenvalue weighted by atomic mass is 79.9. The van der Waals surface area contributed by atoms with Crippen LogP contribution in [0.4, 0.5) is 0 Å². The van der Waals surface area contributed by atoms with Gasteiger partial charge in [-0.2, -0.15) is 0 Å². The molecule has 0 aliphatic carbocycles. The molecular formula is C15H26Br2N2O2. The van der Waals surface area contributed by atoms with Crippen LogP contribution in [0.5, 0.6) is 5.75 Å². The van der Waals surface area contributed by atoms with Crippen molar-refractivity contribution in [3.05, 3.63) is 29.8 Å². The number of nitrogens with zero attached hydrogens (tertiary/aromatic N) is 2. The molecule has 0 unspecified atom stereocenters. The molecule has 0 atom stereocenters. The molecule has 1 aromatic carbocycles. The van der Waals surface area contributed by atoms with E-state index in [1.165, 1.54) is 0 Å². The normalized spacial score (nSPS) is 10.3. The number of benzene rings is 1. The Labute approximate surface area is 149 Å². The molecule has 0 saturated heterocycles. The second-order valence-electron chi connectivity index (χ2n) is 5.31. The van der Waals surface area contributed by atoms with E-state index in [0.29, 0.717) is 0 Å². The maximum atomic E-state index is 12.5. The molecule has 1 aromatic rings. The number of ether oxygens (including phenoxy) is 1. The molecular weight excluding hydrogens is 400 g/mol. The highest BCUT2D eigenvalue weighted by Gasteiger charge is 2.21. The molecule has 0 spiro atoms. The summed E-state index contributed by atoms with van der Waals surface area (Å²) in [4.78, 5) is 16.6. The number of methoxy groups -OCH3 is 1. The highest BCUT2D eigenvalue weighted by molar-refractivity contribution is 8.93. The van der Waals surface area contributed by atoms with Crippen LogP contribution >= 0.6 is 34.0 Å². The van der Waals surface area contributed by atoms with Gasteiger partial charge in [0.1, 0.15) is 5.75 Å². The number of hydrogen-bond donors (Lipinski definition) is 0. The van der Waals surface area contributed by atoms with Crippen LogP contribution in [0.15, 0.2) is 24.3 Å². The van der Waals surface area contributed by atoms with E-state index in [0.717, 1.165) is 24.4 Å². The summed E-state index contributed by atoms with van der Waals surface area (Å²) in [6.07, 6.45) is 0. The molecule has 0 heterocycles. The lowest BCUT2D eigenvalue weighted by Crippen LogP contribution is -2.35. The van der Waals surface area contributed by atoms with E-state index < -0.39 is 0 Å². The molecule has 0 radical (unpaired) electrons. The van der Waals surface area contributed by atoms with Gasteiger partial charge in [-0.05, 0) is 52.5 Å². The predicted molar refractivity (Wildman–Crippen MR) is 98.6 cm³/mol. The Kier molecular flexibility index (Phi) is 12.2. The first-order valence-electron chi connectivity index (χ1n) is 6.41. The van der Waals surface area contributed by atoms with Gasteiger partial charge in [-0.15, -0.1) is 34.0 Å². The lowest BCUT2D eigenvalue weighted by Gasteiger charge is -2.23. The van der Waals surface area contributed by atoms with Crippen molar-refractivity contribution in [2.45, 2.75) is 0 Å². The van der Waals surface area contributed by atoms with Crippen LogP contribution in [0.25, 0.3) is 0 Å². The molecule has 122 valence electrons. The molecule has 0 fully saturated rings. The molecule has 0 bridgehead atoms. The number of Topliss-reactive ketones (excluding diaryl/α,β-unsaturated/α-hetero) is 1. The average Bonchev–Trinajstić information content (AvgIpc) is 2.36. The van der Waals surface area contributed by atoms with Gasteiger partial charge in [0, 0.05) is 24.6 Å². The number of carbonyl (C=O) groups excluding carboxylic acids is 1. The van der Waals surface area contributed by atoms with Crippen molar-refractivity contribution in [1.29, 1.82) is 0 Å². The third-order valence-electron chi connectivity index (χ3n) is 2.92. The molecule has 0 aliphatic heterocycles. The molecule has 0 aromatic heterocycles. The molecule has 0 N–H and O–H groups in total. The average molecular weight is 426 g/mol. The van der Waals surface area contributed by atoms with Gasteiger partial charge in [0.05, 0.1) is 7.11 Å². The van der Waals surface area contributed by atoms with E-state index in [1.54, 1.807) is 7.11 Å². The van der Waals surface area contributed by atoms with Crippen LogP contribution in [0.2, 0.25) is 0 Å². The van der Waals surface area contributed by atoms with E-state index in [9.17, 15) is 4.79 Å². The van der Waals surface area contributed by atoms with Crippen molar-refractivity contribution in [3.8, 4) is 5.75 Å². The summed E-state index contributed by atoms with van der Waals surface area (Å²) in [5.41, 5.74) is 0.745. The molecule has 21 heavy (non-hydrogen) atoms. The molecule has 4 nitrogen and oxygen atoms in total. The summed E-state index contributed by atoms with van der Waals surface area (Å²) < 4.78 is 5.11. The van der Waals surface area contributed by atoms with Crippen molar-refractivity contribution in [3.63, 3.8) is 0 Å². The van der Waals surface area contributed by atoms with E-state index >= 15 is 0 Å². The third-order valence-corrected chi connectivity index (χ3v) is 2.92. The summed E-state index contributed by atoms with van der Waals surface area (Å²) in [7, 11) is 9.58. The Bertz CT molecular complexity index is 399. The topological polar surface area (TPSA) is 32.8 Å². The number of carbonyl (C=O) groups is 1. The fourth-order valence-electron chi connectivity index (χ4n) is 2.10. The molecule has 0 saturated carbocycles. The van der Waals surface area contributed by atoms with Gasteiger partial charge < -0.3 is 14.5 Å². The summed E-state index contributed by atoms with van der Waals surface area (Å²) in [6, 6.07) is 7.32. The van der Waals surface area contributed by atoms with Gasteiger partial charge in [0.25, 0.3) is 0 Å². The summed E-state index contributed by atoms with van der Waals surface area (Å²) in [5.74, 6) is 0.941. The van der Waals surface area contributed by atoms with Crippen molar-refractivity contribution >= 4 is 39.7 Å². The monoisotopic (exact) mass is 424 g/mol. The second kappa shape index (κ2) is 11.2. The Balaban J connectivity index is 0. The van der Waals surface area contributed by atoms with Gasteiger partial charge in [-0.25, -0.2) is 0 Å². The minimum Gasteiger partial charge on any atom is -0.497 e. The molecule has 6 heteroatoms. The van der Waals surface area contributed by atoms with Crippen LogP contribution < -0.4 is 4.74 Å². The number of halogens is 2. The smallest absolute Gasteiger partial charge is 0.168 e. The molecule has 1 rings (SSSR count). The first kappa shape index (κ1) is 22.8. The maximum absolute atomic E-state index is 12.5. The van der Waals surface area contributed by atoms with Crippen LogP contribution in [0.3, 0.4) is 0 Å². The van der Waals surface area contributed by atoms with Crippen molar-refractivity contribution in [1.82, 2.24) is 9.80 Å². The van der Waals surface area contributed by atoms with Crippen LogP contribution in [-0.4, -0.2) is 64.0 Å². The second-order valence-corrected chi connectivity index (χ2v) is 5.31. The van der Waals surface area contributed by atoms with Gasteiger partial charge in [-0.3, -0.25) is 4.79 Å². The van der Waals surface area contributed by atoms with Crippen molar-refractivity contribution in [2.24, 2.45) is 5.92 Å².